The standard InChI is InChI=1S/C13H18FNO/c1-4-10(7-15)13(16)12-9(3)5-8(2)6-11(12)14/h5-6,10H,4,7,15H2,1-3H3. The molecule has 0 bridgehead atoms. The van der Waals surface area contributed by atoms with Crippen LogP contribution in [0.25, 0.3) is 0 Å². The van der Waals surface area contributed by atoms with Gasteiger partial charge >= 0.3 is 0 Å². The Balaban J connectivity index is 3.18. The minimum absolute atomic E-state index is 0.181. The monoisotopic (exact) mass is 223 g/mol. The number of Topliss-reactive ketones (excluding diaryl/α,β-unsaturated/α-hetero) is 1. The average molecular weight is 223 g/mol. The van der Waals surface area contributed by atoms with Gasteiger partial charge in [-0.05, 0) is 37.5 Å². The van der Waals surface area contributed by atoms with Gasteiger partial charge in [-0.1, -0.05) is 13.0 Å². The summed E-state index contributed by atoms with van der Waals surface area (Å²) < 4.78 is 13.7. The van der Waals surface area contributed by atoms with Crippen LogP contribution >= 0.6 is 0 Å². The summed E-state index contributed by atoms with van der Waals surface area (Å²) >= 11 is 0. The van der Waals surface area contributed by atoms with Gasteiger partial charge in [-0.15, -0.1) is 0 Å². The molecule has 0 aliphatic carbocycles. The third kappa shape index (κ3) is 2.47. The molecule has 0 fully saturated rings. The summed E-state index contributed by atoms with van der Waals surface area (Å²) in [7, 11) is 0. The fraction of sp³-hybridized carbons (Fsp3) is 0.462. The Hall–Kier alpha value is -1.22. The third-order valence-electron chi connectivity index (χ3n) is 2.83. The first-order valence-electron chi connectivity index (χ1n) is 5.52. The van der Waals surface area contributed by atoms with E-state index in [9.17, 15) is 9.18 Å². The number of nitrogens with two attached hydrogens (primary N) is 1. The van der Waals surface area contributed by atoms with Crippen LogP contribution in [0.3, 0.4) is 0 Å². The first kappa shape index (κ1) is 12.8. The molecule has 2 N–H and O–H groups in total. The molecular weight excluding hydrogens is 205 g/mol. The first-order valence-corrected chi connectivity index (χ1v) is 5.52. The summed E-state index contributed by atoms with van der Waals surface area (Å²) in [6.45, 7) is 5.72. The molecule has 1 aromatic rings. The third-order valence-corrected chi connectivity index (χ3v) is 2.83. The number of rotatable bonds is 4. The lowest BCUT2D eigenvalue weighted by atomic mass is 9.91. The Morgan fingerprint density at radius 1 is 1.44 bits per heavy atom. The highest BCUT2D eigenvalue weighted by atomic mass is 19.1. The van der Waals surface area contributed by atoms with E-state index in [4.69, 9.17) is 5.73 Å². The van der Waals surface area contributed by atoms with E-state index in [2.05, 4.69) is 0 Å². The summed E-state index contributed by atoms with van der Waals surface area (Å²) in [6, 6.07) is 3.21. The molecule has 0 aliphatic rings. The number of hydrogen-bond acceptors (Lipinski definition) is 2. The van der Waals surface area contributed by atoms with Crippen LogP contribution in [0.15, 0.2) is 12.1 Å². The van der Waals surface area contributed by atoms with Crippen LogP contribution in [0.1, 0.15) is 34.8 Å². The number of benzene rings is 1. The van der Waals surface area contributed by atoms with Crippen LogP contribution in [0.4, 0.5) is 4.39 Å². The Morgan fingerprint density at radius 2 is 2.06 bits per heavy atom. The molecule has 0 aromatic heterocycles. The fourth-order valence-electron chi connectivity index (χ4n) is 1.89. The van der Waals surface area contributed by atoms with Gasteiger partial charge in [-0.2, -0.15) is 0 Å². The zero-order valence-electron chi connectivity index (χ0n) is 10.0. The minimum atomic E-state index is -0.436. The Bertz CT molecular complexity index is 374. The maximum Gasteiger partial charge on any atom is 0.170 e. The van der Waals surface area contributed by atoms with Crippen molar-refractivity contribution in [2.24, 2.45) is 11.7 Å². The molecule has 1 unspecified atom stereocenters. The maximum absolute atomic E-state index is 13.7. The molecule has 2 nitrogen and oxygen atoms in total. The van der Waals surface area contributed by atoms with Crippen molar-refractivity contribution in [2.45, 2.75) is 27.2 Å². The van der Waals surface area contributed by atoms with Crippen molar-refractivity contribution in [1.29, 1.82) is 0 Å². The SMILES string of the molecule is CCC(CN)C(=O)c1c(C)cc(C)cc1F. The molecule has 0 saturated heterocycles. The van der Waals surface area contributed by atoms with Crippen molar-refractivity contribution >= 4 is 5.78 Å². The van der Waals surface area contributed by atoms with Gasteiger partial charge in [0.1, 0.15) is 5.82 Å². The molecule has 0 saturated carbocycles. The summed E-state index contributed by atoms with van der Waals surface area (Å²) in [5, 5.41) is 0. The molecule has 1 aromatic carbocycles. The smallest absolute Gasteiger partial charge is 0.170 e. The van der Waals surface area contributed by atoms with Crippen LogP contribution in [0, 0.1) is 25.6 Å². The highest BCUT2D eigenvalue weighted by Crippen LogP contribution is 2.20. The molecule has 16 heavy (non-hydrogen) atoms. The summed E-state index contributed by atoms with van der Waals surface area (Å²) in [4.78, 5) is 12.0. The highest BCUT2D eigenvalue weighted by molar-refractivity contribution is 5.99. The van der Waals surface area contributed by atoms with Crippen molar-refractivity contribution in [2.75, 3.05) is 6.54 Å². The molecule has 0 amide bonds. The summed E-state index contributed by atoms with van der Waals surface area (Å²) in [5.74, 6) is -0.898. The van der Waals surface area contributed by atoms with Gasteiger partial charge < -0.3 is 5.73 Å². The largest absolute Gasteiger partial charge is 0.330 e. The van der Waals surface area contributed by atoms with Gasteiger partial charge in [-0.25, -0.2) is 4.39 Å². The van der Waals surface area contributed by atoms with Gasteiger partial charge in [0.15, 0.2) is 5.78 Å². The van der Waals surface area contributed by atoms with E-state index < -0.39 is 5.82 Å². The number of carbonyl (C=O) groups excluding carboxylic acids is 1. The average Bonchev–Trinajstić information content (AvgIpc) is 2.17. The van der Waals surface area contributed by atoms with Gasteiger partial charge in [0.25, 0.3) is 0 Å². The zero-order valence-corrected chi connectivity index (χ0v) is 10.0. The maximum atomic E-state index is 13.7. The van der Waals surface area contributed by atoms with Crippen LogP contribution < -0.4 is 5.73 Å². The van der Waals surface area contributed by atoms with Crippen LogP contribution in [-0.2, 0) is 0 Å². The van der Waals surface area contributed by atoms with E-state index in [0.29, 0.717) is 12.0 Å². The quantitative estimate of drug-likeness (QED) is 0.797. The second-order valence-electron chi connectivity index (χ2n) is 4.14. The fourth-order valence-corrected chi connectivity index (χ4v) is 1.89. The summed E-state index contributed by atoms with van der Waals surface area (Å²) in [6.07, 6.45) is 0.641. The predicted octanol–water partition coefficient (Wildman–Crippen LogP) is 2.61. The van der Waals surface area contributed by atoms with Crippen molar-refractivity contribution in [3.05, 3.63) is 34.6 Å². The normalized spacial score (nSPS) is 12.6. The molecule has 88 valence electrons. The van der Waals surface area contributed by atoms with Crippen molar-refractivity contribution in [3.8, 4) is 0 Å². The lowest BCUT2D eigenvalue weighted by Crippen LogP contribution is -2.24. The van der Waals surface area contributed by atoms with Crippen molar-refractivity contribution in [3.63, 3.8) is 0 Å². The van der Waals surface area contributed by atoms with E-state index in [1.165, 1.54) is 6.07 Å². The van der Waals surface area contributed by atoms with Gasteiger partial charge in [0, 0.05) is 12.5 Å². The number of halogens is 1. The Labute approximate surface area is 95.7 Å². The van der Waals surface area contributed by atoms with Crippen LogP contribution in [0.2, 0.25) is 0 Å². The molecular formula is C13H18FNO. The minimum Gasteiger partial charge on any atom is -0.330 e. The Morgan fingerprint density at radius 3 is 2.50 bits per heavy atom. The van der Waals surface area contributed by atoms with Crippen molar-refractivity contribution in [1.82, 2.24) is 0 Å². The molecule has 3 heteroatoms. The predicted molar refractivity (Wildman–Crippen MR) is 63.0 cm³/mol. The molecule has 1 atom stereocenters. The zero-order chi connectivity index (χ0) is 12.3. The Kier molecular flexibility index (Phi) is 4.19. The number of hydrogen-bond donors (Lipinski definition) is 1. The summed E-state index contributed by atoms with van der Waals surface area (Å²) in [5.41, 5.74) is 7.22. The lowest BCUT2D eigenvalue weighted by Gasteiger charge is -2.14. The molecule has 0 spiro atoms. The van der Waals surface area contributed by atoms with Crippen LogP contribution in [0.5, 0.6) is 0 Å². The number of aryl methyl sites for hydroxylation is 2. The number of carbonyl (C=O) groups is 1. The molecule has 0 aliphatic heterocycles. The highest BCUT2D eigenvalue weighted by Gasteiger charge is 2.22. The first-order chi connectivity index (χ1) is 7.51. The van der Waals surface area contributed by atoms with E-state index in [0.717, 1.165) is 5.56 Å². The van der Waals surface area contributed by atoms with Crippen molar-refractivity contribution < 1.29 is 9.18 Å². The van der Waals surface area contributed by atoms with Gasteiger partial charge in [0.05, 0.1) is 5.56 Å². The molecule has 1 rings (SSSR count). The lowest BCUT2D eigenvalue weighted by molar-refractivity contribution is 0.0916. The molecule has 0 heterocycles. The van der Waals surface area contributed by atoms with E-state index >= 15 is 0 Å². The second kappa shape index (κ2) is 5.21. The van der Waals surface area contributed by atoms with Crippen LogP contribution in [-0.4, -0.2) is 12.3 Å². The van der Waals surface area contributed by atoms with Gasteiger partial charge in [0.2, 0.25) is 0 Å². The topological polar surface area (TPSA) is 43.1 Å². The van der Waals surface area contributed by atoms with Gasteiger partial charge in [-0.3, -0.25) is 4.79 Å². The van der Waals surface area contributed by atoms with E-state index in [1.807, 2.05) is 19.9 Å². The van der Waals surface area contributed by atoms with E-state index in [1.54, 1.807) is 6.92 Å². The number of ketones is 1. The molecule has 0 radical (unpaired) electrons. The second-order valence-corrected chi connectivity index (χ2v) is 4.14. The van der Waals surface area contributed by atoms with E-state index in [-0.39, 0.29) is 23.8 Å².